The number of nitrogens with one attached hydrogen (secondary N) is 1. The largest absolute Gasteiger partial charge is 0.481 e. The normalized spacial score (nSPS) is 18.1. The minimum absolute atomic E-state index is 0.0774. The Balaban J connectivity index is 1.93. The summed E-state index contributed by atoms with van der Waals surface area (Å²) >= 11 is 5.74. The van der Waals surface area contributed by atoms with Gasteiger partial charge in [0.05, 0.1) is 11.3 Å². The second kappa shape index (κ2) is 7.29. The van der Waals surface area contributed by atoms with Crippen LogP contribution in [-0.2, 0) is 19.6 Å². The lowest BCUT2D eigenvalue weighted by Gasteiger charge is -2.17. The zero-order valence-corrected chi connectivity index (χ0v) is 13.8. The fraction of sp³-hybridized carbons (Fsp3) is 0.429. The third kappa shape index (κ3) is 4.92. The number of carboxylic acids is 1. The van der Waals surface area contributed by atoms with Crippen LogP contribution in [0.5, 0.6) is 0 Å². The summed E-state index contributed by atoms with van der Waals surface area (Å²) in [7, 11) is -3.68. The molecule has 1 saturated heterocycles. The third-order valence-corrected chi connectivity index (χ3v) is 5.33. The summed E-state index contributed by atoms with van der Waals surface area (Å²) in [6.07, 6.45) is 0.189. The van der Waals surface area contributed by atoms with Gasteiger partial charge < -0.3 is 10.0 Å². The number of likely N-dealkylation sites (tertiary alicyclic amines) is 1. The highest BCUT2D eigenvalue weighted by Crippen LogP contribution is 2.17. The number of rotatable bonds is 6. The lowest BCUT2D eigenvalue weighted by Crippen LogP contribution is -2.38. The van der Waals surface area contributed by atoms with Crippen molar-refractivity contribution in [3.8, 4) is 0 Å². The zero-order valence-electron chi connectivity index (χ0n) is 12.2. The molecule has 2 N–H and O–H groups in total. The number of aliphatic carboxylic acids is 1. The van der Waals surface area contributed by atoms with Gasteiger partial charge >= 0.3 is 5.97 Å². The molecule has 0 aliphatic carbocycles. The van der Waals surface area contributed by atoms with Gasteiger partial charge in [-0.1, -0.05) is 11.6 Å². The number of halogens is 1. The van der Waals surface area contributed by atoms with Crippen molar-refractivity contribution in [2.75, 3.05) is 13.1 Å². The van der Waals surface area contributed by atoms with Crippen LogP contribution in [0.4, 0.5) is 0 Å². The van der Waals surface area contributed by atoms with Crippen molar-refractivity contribution in [1.29, 1.82) is 0 Å². The van der Waals surface area contributed by atoms with E-state index in [0.717, 1.165) is 0 Å². The van der Waals surface area contributed by atoms with Crippen molar-refractivity contribution in [2.45, 2.75) is 30.2 Å². The minimum Gasteiger partial charge on any atom is -0.481 e. The van der Waals surface area contributed by atoms with Crippen molar-refractivity contribution >= 4 is 33.5 Å². The maximum absolute atomic E-state index is 12.3. The Kier molecular flexibility index (Phi) is 5.61. The molecule has 1 aliphatic heterocycles. The number of amides is 1. The Morgan fingerprint density at radius 1 is 1.26 bits per heavy atom. The molecule has 0 saturated carbocycles. The van der Waals surface area contributed by atoms with E-state index in [2.05, 4.69) is 4.72 Å². The summed E-state index contributed by atoms with van der Waals surface area (Å²) in [5, 5.41) is 9.03. The van der Waals surface area contributed by atoms with E-state index in [4.69, 9.17) is 16.7 Å². The monoisotopic (exact) mass is 360 g/mol. The summed E-state index contributed by atoms with van der Waals surface area (Å²) in [5.41, 5.74) is 0. The van der Waals surface area contributed by atoms with Crippen molar-refractivity contribution in [1.82, 2.24) is 9.62 Å². The Hall–Kier alpha value is -1.64. The first-order valence-corrected chi connectivity index (χ1v) is 8.91. The number of hydrogen-bond acceptors (Lipinski definition) is 4. The van der Waals surface area contributed by atoms with E-state index in [1.54, 1.807) is 0 Å². The van der Waals surface area contributed by atoms with Gasteiger partial charge in [0.25, 0.3) is 0 Å². The van der Waals surface area contributed by atoms with Crippen molar-refractivity contribution in [3.63, 3.8) is 0 Å². The highest BCUT2D eigenvalue weighted by molar-refractivity contribution is 7.89. The number of hydrogen-bond donors (Lipinski definition) is 2. The van der Waals surface area contributed by atoms with E-state index in [0.29, 0.717) is 18.0 Å². The summed E-state index contributed by atoms with van der Waals surface area (Å²) in [4.78, 5) is 23.9. The molecule has 2 rings (SSSR count). The Morgan fingerprint density at radius 2 is 1.91 bits per heavy atom. The van der Waals surface area contributed by atoms with Crippen molar-refractivity contribution in [3.05, 3.63) is 29.3 Å². The SMILES string of the molecule is O=C(O)CCC(=O)N1CCC(NS(=O)(=O)c2ccc(Cl)cc2)C1. The predicted octanol–water partition coefficient (Wildman–Crippen LogP) is 1.08. The first-order valence-electron chi connectivity index (χ1n) is 7.05. The molecule has 1 aromatic carbocycles. The molecule has 9 heteroatoms. The molecule has 1 heterocycles. The maximum atomic E-state index is 12.3. The van der Waals surface area contributed by atoms with Gasteiger partial charge in [-0.3, -0.25) is 9.59 Å². The van der Waals surface area contributed by atoms with Gasteiger partial charge in [0.15, 0.2) is 0 Å². The minimum atomic E-state index is -3.68. The molecule has 0 bridgehead atoms. The van der Waals surface area contributed by atoms with Gasteiger partial charge in [0.1, 0.15) is 0 Å². The Morgan fingerprint density at radius 3 is 2.52 bits per heavy atom. The van der Waals surface area contributed by atoms with Crippen LogP contribution in [-0.4, -0.2) is 49.4 Å². The molecule has 1 aliphatic rings. The molecule has 0 aromatic heterocycles. The molecule has 1 fully saturated rings. The lowest BCUT2D eigenvalue weighted by atomic mass is 10.3. The van der Waals surface area contributed by atoms with E-state index >= 15 is 0 Å². The molecule has 7 nitrogen and oxygen atoms in total. The second-order valence-corrected chi connectivity index (χ2v) is 7.44. The first kappa shape index (κ1) is 17.7. The topological polar surface area (TPSA) is 104 Å². The molecule has 1 aromatic rings. The number of carbonyl (C=O) groups is 2. The van der Waals surface area contributed by atoms with Crippen molar-refractivity contribution < 1.29 is 23.1 Å². The van der Waals surface area contributed by atoms with Crippen LogP contribution in [0, 0.1) is 0 Å². The van der Waals surface area contributed by atoms with Gasteiger partial charge in [0, 0.05) is 30.6 Å². The van der Waals surface area contributed by atoms with Crippen LogP contribution in [0.3, 0.4) is 0 Å². The molecular weight excluding hydrogens is 344 g/mol. The fourth-order valence-corrected chi connectivity index (χ4v) is 3.74. The van der Waals surface area contributed by atoms with E-state index in [1.165, 1.54) is 29.2 Å². The molecule has 1 unspecified atom stereocenters. The number of carbonyl (C=O) groups excluding carboxylic acids is 1. The lowest BCUT2D eigenvalue weighted by molar-refractivity contribution is -0.140. The molecule has 1 amide bonds. The van der Waals surface area contributed by atoms with E-state index in [9.17, 15) is 18.0 Å². The number of sulfonamides is 1. The van der Waals surface area contributed by atoms with E-state index in [-0.39, 0.29) is 36.2 Å². The predicted molar refractivity (Wildman–Crippen MR) is 83.6 cm³/mol. The molecule has 23 heavy (non-hydrogen) atoms. The summed E-state index contributed by atoms with van der Waals surface area (Å²) < 4.78 is 27.1. The van der Waals surface area contributed by atoms with Crippen LogP contribution in [0.2, 0.25) is 5.02 Å². The van der Waals surface area contributed by atoms with Gasteiger partial charge in [-0.2, -0.15) is 0 Å². The molecular formula is C14H17ClN2O5S. The second-order valence-electron chi connectivity index (χ2n) is 5.29. The third-order valence-electron chi connectivity index (χ3n) is 3.54. The number of nitrogens with zero attached hydrogens (tertiary/aromatic N) is 1. The highest BCUT2D eigenvalue weighted by Gasteiger charge is 2.29. The van der Waals surface area contributed by atoms with Crippen LogP contribution < -0.4 is 4.72 Å². The first-order chi connectivity index (χ1) is 10.8. The molecule has 1 atom stereocenters. The summed E-state index contributed by atoms with van der Waals surface area (Å²) in [6, 6.07) is 5.42. The molecule has 0 spiro atoms. The molecule has 126 valence electrons. The highest BCUT2D eigenvalue weighted by atomic mass is 35.5. The van der Waals surface area contributed by atoms with Crippen LogP contribution in [0.1, 0.15) is 19.3 Å². The average molecular weight is 361 g/mol. The quantitative estimate of drug-likeness (QED) is 0.790. The van der Waals surface area contributed by atoms with Gasteiger partial charge in [0.2, 0.25) is 15.9 Å². The number of carboxylic acid groups (broad SMARTS) is 1. The van der Waals surface area contributed by atoms with Gasteiger partial charge in [-0.15, -0.1) is 0 Å². The fourth-order valence-electron chi connectivity index (χ4n) is 2.36. The van der Waals surface area contributed by atoms with Crippen LogP contribution in [0.25, 0.3) is 0 Å². The van der Waals surface area contributed by atoms with E-state index < -0.39 is 16.0 Å². The van der Waals surface area contributed by atoms with Crippen LogP contribution >= 0.6 is 11.6 Å². The van der Waals surface area contributed by atoms with E-state index in [1.807, 2.05) is 0 Å². The van der Waals surface area contributed by atoms with Crippen LogP contribution in [0.15, 0.2) is 29.2 Å². The smallest absolute Gasteiger partial charge is 0.303 e. The van der Waals surface area contributed by atoms with Crippen molar-refractivity contribution in [2.24, 2.45) is 0 Å². The van der Waals surface area contributed by atoms with Gasteiger partial charge in [-0.05, 0) is 30.7 Å². The Labute approximate surface area is 139 Å². The number of benzene rings is 1. The Bertz CT molecular complexity index is 690. The maximum Gasteiger partial charge on any atom is 0.303 e. The average Bonchev–Trinajstić information content (AvgIpc) is 2.93. The summed E-state index contributed by atoms with van der Waals surface area (Å²) in [5.74, 6) is -1.31. The van der Waals surface area contributed by atoms with Gasteiger partial charge in [-0.25, -0.2) is 13.1 Å². The standard InChI is InChI=1S/C14H17ClN2O5S/c15-10-1-3-12(4-2-10)23(21,22)16-11-7-8-17(9-11)13(18)5-6-14(19)20/h1-4,11,16H,5-9H2,(H,19,20). The summed E-state index contributed by atoms with van der Waals surface area (Å²) in [6.45, 7) is 0.650. The zero-order chi connectivity index (χ0) is 17.0. The molecule has 0 radical (unpaired) electrons.